The van der Waals surface area contributed by atoms with Crippen molar-refractivity contribution in [1.29, 1.82) is 0 Å². The molecule has 1 rings (SSSR count). The molecule has 1 N–H and O–H groups in total. The van der Waals surface area contributed by atoms with Crippen LogP contribution in [0.1, 0.15) is 17.2 Å². The molecule has 1 aromatic rings. The lowest BCUT2D eigenvalue weighted by molar-refractivity contribution is -0.131. The molecule has 0 amide bonds. The predicted octanol–water partition coefficient (Wildman–Crippen LogP) is 2.38. The lowest BCUT2D eigenvalue weighted by Gasteiger charge is -2.21. The summed E-state index contributed by atoms with van der Waals surface area (Å²) in [5.74, 6) is -1.25. The Morgan fingerprint density at radius 1 is 1.47 bits per heavy atom. The van der Waals surface area contributed by atoms with Gasteiger partial charge in [-0.3, -0.25) is 4.90 Å². The van der Waals surface area contributed by atoms with Crippen LogP contribution in [-0.2, 0) is 4.79 Å². The minimum absolute atomic E-state index is 0.176. The molecule has 1 unspecified atom stereocenters. The maximum absolute atomic E-state index is 13.2. The van der Waals surface area contributed by atoms with Crippen LogP contribution in [0.25, 0.3) is 0 Å². The summed E-state index contributed by atoms with van der Waals surface area (Å²) in [4.78, 5) is 12.4. The quantitative estimate of drug-likeness (QED) is 0.817. The number of hydrogen-bond donors (Lipinski definition) is 1. The molecule has 0 heterocycles. The zero-order valence-electron chi connectivity index (χ0n) is 10.1. The van der Waals surface area contributed by atoms with Gasteiger partial charge in [0.2, 0.25) is 0 Å². The summed E-state index contributed by atoms with van der Waals surface area (Å²) in [5, 5.41) is 8.62. The summed E-state index contributed by atoms with van der Waals surface area (Å²) >= 11 is 0. The van der Waals surface area contributed by atoms with Crippen molar-refractivity contribution in [1.82, 2.24) is 4.90 Å². The molecule has 1 atom stereocenters. The van der Waals surface area contributed by atoms with Gasteiger partial charge >= 0.3 is 5.97 Å². The van der Waals surface area contributed by atoms with Crippen molar-refractivity contribution >= 4 is 5.97 Å². The lowest BCUT2D eigenvalue weighted by atomic mass is 10.0. The number of rotatable bonds is 4. The second-order valence-corrected chi connectivity index (χ2v) is 4.11. The molecule has 0 saturated carbocycles. The van der Waals surface area contributed by atoms with Crippen molar-refractivity contribution in [3.8, 4) is 0 Å². The summed E-state index contributed by atoms with van der Waals surface area (Å²) in [5.41, 5.74) is 1.42. The van der Waals surface area contributed by atoms with E-state index >= 15 is 0 Å². The minimum Gasteiger partial charge on any atom is -0.478 e. The monoisotopic (exact) mass is 237 g/mol. The van der Waals surface area contributed by atoms with E-state index in [1.807, 2.05) is 19.0 Å². The number of aliphatic carboxylic acids is 1. The van der Waals surface area contributed by atoms with E-state index in [2.05, 4.69) is 0 Å². The molecule has 17 heavy (non-hydrogen) atoms. The highest BCUT2D eigenvalue weighted by atomic mass is 19.1. The standard InChI is InChI=1S/C13H16FNO2/c1-9-8-10(4-5-11(9)14)12(15(2)3)6-7-13(16)17/h4-8,12H,1-3H3,(H,16,17)/b7-6+. The molecule has 0 fully saturated rings. The number of likely N-dealkylation sites (N-methyl/N-ethyl adjacent to an activating group) is 1. The molecule has 0 aliphatic heterocycles. The Labute approximate surface area is 100 Å². The van der Waals surface area contributed by atoms with E-state index in [0.29, 0.717) is 5.56 Å². The van der Waals surface area contributed by atoms with Crippen molar-refractivity contribution in [2.24, 2.45) is 0 Å². The normalized spacial score (nSPS) is 13.2. The van der Waals surface area contributed by atoms with Crippen LogP contribution in [0.2, 0.25) is 0 Å². The Morgan fingerprint density at radius 3 is 2.59 bits per heavy atom. The van der Waals surface area contributed by atoms with Crippen molar-refractivity contribution in [3.05, 3.63) is 47.3 Å². The van der Waals surface area contributed by atoms with Gasteiger partial charge in [0, 0.05) is 6.08 Å². The Bertz CT molecular complexity index is 441. The van der Waals surface area contributed by atoms with Gasteiger partial charge in [-0.1, -0.05) is 18.2 Å². The van der Waals surface area contributed by atoms with E-state index in [4.69, 9.17) is 5.11 Å². The van der Waals surface area contributed by atoms with Crippen LogP contribution in [0.3, 0.4) is 0 Å². The molecule has 0 aliphatic rings. The summed E-state index contributed by atoms with van der Waals surface area (Å²) in [6, 6.07) is 4.62. The number of carbonyl (C=O) groups is 1. The number of nitrogens with zero attached hydrogens (tertiary/aromatic N) is 1. The van der Waals surface area contributed by atoms with Crippen molar-refractivity contribution in [2.75, 3.05) is 14.1 Å². The highest BCUT2D eigenvalue weighted by molar-refractivity contribution is 5.79. The maximum Gasteiger partial charge on any atom is 0.328 e. The topological polar surface area (TPSA) is 40.5 Å². The van der Waals surface area contributed by atoms with Crippen molar-refractivity contribution in [3.63, 3.8) is 0 Å². The second kappa shape index (κ2) is 5.59. The van der Waals surface area contributed by atoms with Gasteiger partial charge in [-0.15, -0.1) is 0 Å². The number of aryl methyl sites for hydroxylation is 1. The van der Waals surface area contributed by atoms with Crippen LogP contribution in [0, 0.1) is 12.7 Å². The first-order valence-electron chi connectivity index (χ1n) is 5.25. The molecular weight excluding hydrogens is 221 g/mol. The van der Waals surface area contributed by atoms with Gasteiger partial charge in [0.05, 0.1) is 6.04 Å². The SMILES string of the molecule is Cc1cc(C(/C=C/C(=O)O)N(C)C)ccc1F. The van der Waals surface area contributed by atoms with E-state index in [1.165, 1.54) is 6.07 Å². The van der Waals surface area contributed by atoms with Gasteiger partial charge in [-0.2, -0.15) is 0 Å². The molecule has 0 aliphatic carbocycles. The molecule has 1 aromatic carbocycles. The fourth-order valence-electron chi connectivity index (χ4n) is 1.61. The van der Waals surface area contributed by atoms with Gasteiger partial charge in [0.1, 0.15) is 5.82 Å². The number of hydrogen-bond acceptors (Lipinski definition) is 2. The predicted molar refractivity (Wildman–Crippen MR) is 64.3 cm³/mol. The van der Waals surface area contributed by atoms with Gasteiger partial charge < -0.3 is 5.11 Å². The lowest BCUT2D eigenvalue weighted by Crippen LogP contribution is -2.18. The Hall–Kier alpha value is -1.68. The molecule has 92 valence electrons. The molecule has 0 bridgehead atoms. The van der Waals surface area contributed by atoms with Crippen LogP contribution in [0.5, 0.6) is 0 Å². The van der Waals surface area contributed by atoms with Gasteiger partial charge in [-0.05, 0) is 38.2 Å². The van der Waals surface area contributed by atoms with Crippen LogP contribution in [0.4, 0.5) is 4.39 Å². The van der Waals surface area contributed by atoms with Gasteiger partial charge in [0.15, 0.2) is 0 Å². The molecule has 3 nitrogen and oxygen atoms in total. The molecule has 0 radical (unpaired) electrons. The van der Waals surface area contributed by atoms with Crippen LogP contribution in [-0.4, -0.2) is 30.1 Å². The van der Waals surface area contributed by atoms with E-state index in [9.17, 15) is 9.18 Å². The third-order valence-electron chi connectivity index (χ3n) is 2.50. The Balaban J connectivity index is 3.05. The van der Waals surface area contributed by atoms with E-state index in [0.717, 1.165) is 11.6 Å². The molecule has 4 heteroatoms. The minimum atomic E-state index is -0.990. The maximum atomic E-state index is 13.2. The van der Waals surface area contributed by atoms with Gasteiger partial charge in [0.25, 0.3) is 0 Å². The summed E-state index contributed by atoms with van der Waals surface area (Å²) in [6.45, 7) is 1.69. The highest BCUT2D eigenvalue weighted by Crippen LogP contribution is 2.21. The fraction of sp³-hybridized carbons (Fsp3) is 0.308. The molecule has 0 spiro atoms. The fourth-order valence-corrected chi connectivity index (χ4v) is 1.61. The van der Waals surface area contributed by atoms with Crippen LogP contribution < -0.4 is 0 Å². The number of benzene rings is 1. The third kappa shape index (κ3) is 3.67. The Morgan fingerprint density at radius 2 is 2.12 bits per heavy atom. The zero-order chi connectivity index (χ0) is 13.0. The van der Waals surface area contributed by atoms with Crippen molar-refractivity contribution in [2.45, 2.75) is 13.0 Å². The zero-order valence-corrected chi connectivity index (χ0v) is 10.1. The third-order valence-corrected chi connectivity index (χ3v) is 2.50. The summed E-state index contributed by atoms with van der Waals surface area (Å²) in [7, 11) is 3.69. The smallest absolute Gasteiger partial charge is 0.328 e. The van der Waals surface area contributed by atoms with E-state index in [1.54, 1.807) is 25.1 Å². The molecule has 0 saturated heterocycles. The summed E-state index contributed by atoms with van der Waals surface area (Å²) in [6.07, 6.45) is 2.68. The molecular formula is C13H16FNO2. The van der Waals surface area contributed by atoms with Crippen molar-refractivity contribution < 1.29 is 14.3 Å². The Kier molecular flexibility index (Phi) is 4.40. The van der Waals surface area contributed by atoms with Crippen LogP contribution >= 0.6 is 0 Å². The number of carboxylic acids is 1. The first-order chi connectivity index (χ1) is 7.91. The van der Waals surface area contributed by atoms with Gasteiger partial charge in [-0.25, -0.2) is 9.18 Å². The van der Waals surface area contributed by atoms with E-state index in [-0.39, 0.29) is 11.9 Å². The van der Waals surface area contributed by atoms with Crippen LogP contribution in [0.15, 0.2) is 30.4 Å². The molecule has 0 aromatic heterocycles. The second-order valence-electron chi connectivity index (χ2n) is 4.11. The average Bonchev–Trinajstić information content (AvgIpc) is 2.22. The highest BCUT2D eigenvalue weighted by Gasteiger charge is 2.12. The number of halogens is 1. The largest absolute Gasteiger partial charge is 0.478 e. The first kappa shape index (κ1) is 13.4. The number of carboxylic acid groups (broad SMARTS) is 1. The first-order valence-corrected chi connectivity index (χ1v) is 5.25. The summed E-state index contributed by atoms with van der Waals surface area (Å²) < 4.78 is 13.2. The van der Waals surface area contributed by atoms with E-state index < -0.39 is 5.97 Å². The average molecular weight is 237 g/mol.